The number of benzene rings is 1. The van der Waals surface area contributed by atoms with Crippen LogP contribution in [0, 0.1) is 5.92 Å². The van der Waals surface area contributed by atoms with Crippen LogP contribution in [0.3, 0.4) is 0 Å². The van der Waals surface area contributed by atoms with Gasteiger partial charge in [0.2, 0.25) is 0 Å². The van der Waals surface area contributed by atoms with Crippen molar-refractivity contribution < 1.29 is 9.47 Å². The molecule has 0 saturated heterocycles. The second kappa shape index (κ2) is 9.65. The van der Waals surface area contributed by atoms with E-state index in [4.69, 9.17) is 9.47 Å². The first-order valence-corrected chi connectivity index (χ1v) is 7.71. The second-order valence-electron chi connectivity index (χ2n) is 5.36. The summed E-state index contributed by atoms with van der Waals surface area (Å²) >= 11 is 0. The number of hydrogen-bond donors (Lipinski definition) is 1. The van der Waals surface area contributed by atoms with Gasteiger partial charge in [-0.05, 0) is 31.4 Å². The van der Waals surface area contributed by atoms with Gasteiger partial charge in [-0.15, -0.1) is 0 Å². The van der Waals surface area contributed by atoms with Crippen LogP contribution in [0.5, 0.6) is 11.5 Å². The lowest BCUT2D eigenvalue weighted by Crippen LogP contribution is -2.16. The minimum absolute atomic E-state index is 0.586. The third-order valence-electron chi connectivity index (χ3n) is 3.32. The Morgan fingerprint density at radius 1 is 1.20 bits per heavy atom. The molecule has 0 aliphatic carbocycles. The van der Waals surface area contributed by atoms with E-state index in [9.17, 15) is 0 Å². The highest BCUT2D eigenvalue weighted by atomic mass is 16.5. The van der Waals surface area contributed by atoms with Crippen LogP contribution in [0.15, 0.2) is 18.2 Å². The molecule has 20 heavy (non-hydrogen) atoms. The van der Waals surface area contributed by atoms with E-state index in [1.165, 1.54) is 18.4 Å². The molecule has 0 fully saturated rings. The Kier molecular flexibility index (Phi) is 8.12. The summed E-state index contributed by atoms with van der Waals surface area (Å²) in [6.45, 7) is 9.25. The molecule has 1 aromatic carbocycles. The van der Waals surface area contributed by atoms with Gasteiger partial charge in [-0.2, -0.15) is 0 Å². The number of ether oxygens (including phenoxy) is 2. The van der Waals surface area contributed by atoms with Crippen molar-refractivity contribution in [2.75, 3.05) is 20.3 Å². The molecule has 0 saturated carbocycles. The van der Waals surface area contributed by atoms with Gasteiger partial charge in [-0.3, -0.25) is 0 Å². The van der Waals surface area contributed by atoms with E-state index in [1.54, 1.807) is 7.11 Å². The summed E-state index contributed by atoms with van der Waals surface area (Å²) in [6.07, 6.45) is 3.54. The van der Waals surface area contributed by atoms with Gasteiger partial charge in [-0.25, -0.2) is 0 Å². The Labute approximate surface area is 123 Å². The molecule has 0 bridgehead atoms. The van der Waals surface area contributed by atoms with Crippen molar-refractivity contribution in [1.82, 2.24) is 5.32 Å². The molecule has 1 rings (SSSR count). The quantitative estimate of drug-likeness (QED) is 0.656. The third-order valence-corrected chi connectivity index (χ3v) is 3.32. The van der Waals surface area contributed by atoms with Gasteiger partial charge in [0.15, 0.2) is 0 Å². The van der Waals surface area contributed by atoms with Crippen LogP contribution in [0.25, 0.3) is 0 Å². The van der Waals surface area contributed by atoms with E-state index >= 15 is 0 Å². The molecule has 3 nitrogen and oxygen atoms in total. The van der Waals surface area contributed by atoms with E-state index in [2.05, 4.69) is 32.2 Å². The van der Waals surface area contributed by atoms with Gasteiger partial charge in [0.05, 0.1) is 13.7 Å². The fourth-order valence-corrected chi connectivity index (χ4v) is 2.15. The summed E-state index contributed by atoms with van der Waals surface area (Å²) in [5.74, 6) is 2.38. The standard InChI is InChI=1S/C17H29NO2/c1-5-7-14(3)13-20-17-11-16(19-4)9-8-15(17)12-18-10-6-2/h8-9,11,14,18H,5-7,10,12-13H2,1-4H3. The van der Waals surface area contributed by atoms with E-state index in [1.807, 2.05) is 12.1 Å². The molecule has 3 heteroatoms. The average Bonchev–Trinajstić information content (AvgIpc) is 2.46. The first-order chi connectivity index (χ1) is 9.71. The lowest BCUT2D eigenvalue weighted by Gasteiger charge is -2.16. The fourth-order valence-electron chi connectivity index (χ4n) is 2.15. The maximum atomic E-state index is 6.00. The van der Waals surface area contributed by atoms with E-state index in [0.29, 0.717) is 5.92 Å². The predicted octanol–water partition coefficient (Wildman–Crippen LogP) is 4.01. The SMILES string of the molecule is CCCNCc1ccc(OC)cc1OCC(C)CCC. The van der Waals surface area contributed by atoms with Crippen LogP contribution in [0.1, 0.15) is 45.6 Å². The van der Waals surface area contributed by atoms with Crippen molar-refractivity contribution >= 4 is 0 Å². The molecular formula is C17H29NO2. The van der Waals surface area contributed by atoms with Gasteiger partial charge >= 0.3 is 0 Å². The average molecular weight is 279 g/mol. The summed E-state index contributed by atoms with van der Waals surface area (Å²) in [5.41, 5.74) is 1.20. The molecule has 0 aliphatic heterocycles. The smallest absolute Gasteiger partial charge is 0.127 e. The monoisotopic (exact) mass is 279 g/mol. The molecule has 0 spiro atoms. The largest absolute Gasteiger partial charge is 0.497 e. The molecule has 0 aromatic heterocycles. The molecule has 0 aliphatic rings. The zero-order valence-corrected chi connectivity index (χ0v) is 13.4. The first kappa shape index (κ1) is 16.8. The highest BCUT2D eigenvalue weighted by molar-refractivity contribution is 5.40. The third kappa shape index (κ3) is 5.83. The van der Waals surface area contributed by atoms with Gasteiger partial charge in [0.1, 0.15) is 11.5 Å². The summed E-state index contributed by atoms with van der Waals surface area (Å²) < 4.78 is 11.3. The van der Waals surface area contributed by atoms with Crippen LogP contribution >= 0.6 is 0 Å². The molecule has 0 radical (unpaired) electrons. The van der Waals surface area contributed by atoms with Crippen molar-refractivity contribution in [1.29, 1.82) is 0 Å². The Bertz CT molecular complexity index is 379. The minimum atomic E-state index is 0.586. The summed E-state index contributed by atoms with van der Waals surface area (Å²) in [6, 6.07) is 6.06. The van der Waals surface area contributed by atoms with Crippen LogP contribution in [0.4, 0.5) is 0 Å². The number of rotatable bonds is 10. The maximum absolute atomic E-state index is 6.00. The predicted molar refractivity (Wildman–Crippen MR) is 84.6 cm³/mol. The first-order valence-electron chi connectivity index (χ1n) is 7.71. The normalized spacial score (nSPS) is 12.2. The molecular weight excluding hydrogens is 250 g/mol. The van der Waals surface area contributed by atoms with E-state index in [0.717, 1.165) is 37.6 Å². The van der Waals surface area contributed by atoms with Gasteiger partial charge in [-0.1, -0.05) is 33.3 Å². The van der Waals surface area contributed by atoms with Crippen molar-refractivity contribution in [3.8, 4) is 11.5 Å². The van der Waals surface area contributed by atoms with Crippen LogP contribution < -0.4 is 14.8 Å². The molecule has 1 N–H and O–H groups in total. The highest BCUT2D eigenvalue weighted by Crippen LogP contribution is 2.25. The highest BCUT2D eigenvalue weighted by Gasteiger charge is 2.08. The summed E-state index contributed by atoms with van der Waals surface area (Å²) in [5, 5.41) is 3.42. The van der Waals surface area contributed by atoms with Gasteiger partial charge in [0, 0.05) is 18.2 Å². The lowest BCUT2D eigenvalue weighted by molar-refractivity contribution is 0.248. The van der Waals surface area contributed by atoms with Gasteiger partial charge < -0.3 is 14.8 Å². The van der Waals surface area contributed by atoms with E-state index in [-0.39, 0.29) is 0 Å². The topological polar surface area (TPSA) is 30.5 Å². The number of methoxy groups -OCH3 is 1. The van der Waals surface area contributed by atoms with Crippen LogP contribution in [0.2, 0.25) is 0 Å². The number of nitrogens with one attached hydrogen (secondary N) is 1. The zero-order valence-electron chi connectivity index (χ0n) is 13.4. The second-order valence-corrected chi connectivity index (χ2v) is 5.36. The zero-order chi connectivity index (χ0) is 14.8. The van der Waals surface area contributed by atoms with E-state index < -0.39 is 0 Å². The summed E-state index contributed by atoms with van der Waals surface area (Å²) in [4.78, 5) is 0. The minimum Gasteiger partial charge on any atom is -0.497 e. The van der Waals surface area contributed by atoms with Crippen LogP contribution in [-0.2, 0) is 6.54 Å². The van der Waals surface area contributed by atoms with Gasteiger partial charge in [0.25, 0.3) is 0 Å². The summed E-state index contributed by atoms with van der Waals surface area (Å²) in [7, 11) is 1.69. The van der Waals surface area contributed by atoms with Crippen LogP contribution in [-0.4, -0.2) is 20.3 Å². The van der Waals surface area contributed by atoms with Crippen molar-refractivity contribution in [2.24, 2.45) is 5.92 Å². The maximum Gasteiger partial charge on any atom is 0.127 e. The Hall–Kier alpha value is -1.22. The molecule has 0 heterocycles. The lowest BCUT2D eigenvalue weighted by atomic mass is 10.1. The molecule has 1 unspecified atom stereocenters. The molecule has 1 aromatic rings. The Morgan fingerprint density at radius 2 is 2.00 bits per heavy atom. The number of hydrogen-bond acceptors (Lipinski definition) is 3. The van der Waals surface area contributed by atoms with Crippen molar-refractivity contribution in [3.63, 3.8) is 0 Å². The molecule has 0 amide bonds. The van der Waals surface area contributed by atoms with Crippen molar-refractivity contribution in [2.45, 2.75) is 46.6 Å². The Balaban J connectivity index is 2.67. The molecule has 114 valence electrons. The fraction of sp³-hybridized carbons (Fsp3) is 0.647. The Morgan fingerprint density at radius 3 is 2.65 bits per heavy atom. The van der Waals surface area contributed by atoms with Crippen molar-refractivity contribution in [3.05, 3.63) is 23.8 Å². The molecule has 1 atom stereocenters.